The molecule has 5 nitrogen and oxygen atoms in total. The minimum atomic E-state index is -0.475. The van der Waals surface area contributed by atoms with E-state index < -0.39 is 11.0 Å². The molecule has 0 aromatic heterocycles. The lowest BCUT2D eigenvalue weighted by Gasteiger charge is -2.32. The zero-order chi connectivity index (χ0) is 19.8. The molecular formula is C22H32N2O3. The highest BCUT2D eigenvalue weighted by atomic mass is 16.6. The Morgan fingerprint density at radius 1 is 1.19 bits per heavy atom. The molecule has 1 fully saturated rings. The largest absolute Gasteiger partial charge is 0.444 e. The van der Waals surface area contributed by atoms with Crippen LogP contribution in [0.5, 0.6) is 0 Å². The number of ether oxygens (including phenoxy) is 1. The van der Waals surface area contributed by atoms with E-state index in [4.69, 9.17) is 4.74 Å². The summed E-state index contributed by atoms with van der Waals surface area (Å²) in [6.45, 7) is 10.4. The maximum absolute atomic E-state index is 13.0. The number of anilines is 1. The van der Waals surface area contributed by atoms with Crippen molar-refractivity contribution in [2.45, 2.75) is 77.4 Å². The topological polar surface area (TPSA) is 58.6 Å². The molecule has 3 rings (SSSR count). The van der Waals surface area contributed by atoms with Crippen LogP contribution in [0.4, 0.5) is 10.5 Å². The molecule has 1 aliphatic carbocycles. The molecule has 0 spiro atoms. The van der Waals surface area contributed by atoms with Crippen molar-refractivity contribution in [3.63, 3.8) is 0 Å². The van der Waals surface area contributed by atoms with E-state index in [1.165, 1.54) is 0 Å². The molecule has 1 aromatic rings. The van der Waals surface area contributed by atoms with Gasteiger partial charge in [-0.3, -0.25) is 4.79 Å². The van der Waals surface area contributed by atoms with Crippen molar-refractivity contribution in [3.8, 4) is 0 Å². The Hall–Kier alpha value is -2.04. The number of amides is 2. The Labute approximate surface area is 162 Å². The number of carbonyl (C=O) groups is 2. The van der Waals surface area contributed by atoms with Gasteiger partial charge in [0, 0.05) is 18.3 Å². The molecule has 0 saturated heterocycles. The van der Waals surface area contributed by atoms with Crippen LogP contribution in [-0.2, 0) is 14.9 Å². The number of nitrogens with one attached hydrogen (secondary N) is 1. The van der Waals surface area contributed by atoms with Gasteiger partial charge in [-0.1, -0.05) is 18.2 Å². The van der Waals surface area contributed by atoms with Crippen LogP contribution in [0.3, 0.4) is 0 Å². The van der Waals surface area contributed by atoms with Gasteiger partial charge in [0.25, 0.3) is 0 Å². The smallest absolute Gasteiger partial charge is 0.407 e. The molecule has 27 heavy (non-hydrogen) atoms. The standard InChI is InChI=1S/C22H32N2O3/c1-21(2,3)27-20(26)23-16-12-10-15(11-13-16)14-24-18-9-7-6-8-17(18)22(4,5)19(24)25/h6-9,15-16H,10-14H2,1-5H3,(H,23,26). The summed E-state index contributed by atoms with van der Waals surface area (Å²) in [6, 6.07) is 8.29. The second kappa shape index (κ2) is 7.17. The third-order valence-electron chi connectivity index (χ3n) is 5.66. The maximum Gasteiger partial charge on any atom is 0.407 e. The van der Waals surface area contributed by atoms with Crippen molar-refractivity contribution in [1.82, 2.24) is 5.32 Å². The summed E-state index contributed by atoms with van der Waals surface area (Å²) in [5.74, 6) is 0.658. The van der Waals surface area contributed by atoms with Gasteiger partial charge in [0.05, 0.1) is 5.41 Å². The molecule has 2 amide bonds. The van der Waals surface area contributed by atoms with Crippen LogP contribution in [0.25, 0.3) is 0 Å². The summed E-state index contributed by atoms with van der Waals surface area (Å²) in [4.78, 5) is 26.9. The van der Waals surface area contributed by atoms with Gasteiger partial charge in [0.15, 0.2) is 0 Å². The molecular weight excluding hydrogens is 340 g/mol. The van der Waals surface area contributed by atoms with Crippen molar-refractivity contribution in [2.75, 3.05) is 11.4 Å². The molecule has 1 saturated carbocycles. The average molecular weight is 373 g/mol. The highest BCUT2D eigenvalue weighted by Crippen LogP contribution is 2.42. The van der Waals surface area contributed by atoms with Crippen LogP contribution in [0.1, 0.15) is 65.9 Å². The van der Waals surface area contributed by atoms with Gasteiger partial charge < -0.3 is 15.0 Å². The first-order valence-electron chi connectivity index (χ1n) is 9.99. The number of para-hydroxylation sites is 1. The van der Waals surface area contributed by atoms with Crippen molar-refractivity contribution in [3.05, 3.63) is 29.8 Å². The molecule has 5 heteroatoms. The number of carbonyl (C=O) groups excluding carboxylic acids is 2. The SMILES string of the molecule is CC(C)(C)OC(=O)NC1CCC(CN2C(=O)C(C)(C)c3ccccc32)CC1. The molecule has 1 heterocycles. The third kappa shape index (κ3) is 4.28. The van der Waals surface area contributed by atoms with Gasteiger partial charge in [-0.2, -0.15) is 0 Å². The molecule has 0 bridgehead atoms. The van der Waals surface area contributed by atoms with Gasteiger partial charge >= 0.3 is 6.09 Å². The maximum atomic E-state index is 13.0. The number of fused-ring (bicyclic) bond motifs is 1. The normalized spacial score (nSPS) is 24.5. The summed E-state index contributed by atoms with van der Waals surface area (Å²) in [6.07, 6.45) is 3.53. The molecule has 148 valence electrons. The first-order chi connectivity index (χ1) is 12.6. The number of benzene rings is 1. The first kappa shape index (κ1) is 19.7. The van der Waals surface area contributed by atoms with E-state index >= 15 is 0 Å². The van der Waals surface area contributed by atoms with Crippen molar-refractivity contribution < 1.29 is 14.3 Å². The monoisotopic (exact) mass is 372 g/mol. The lowest BCUT2D eigenvalue weighted by molar-refractivity contribution is -0.122. The summed E-state index contributed by atoms with van der Waals surface area (Å²) in [7, 11) is 0. The average Bonchev–Trinajstić information content (AvgIpc) is 2.76. The van der Waals surface area contributed by atoms with E-state index in [0.717, 1.165) is 43.5 Å². The Kier molecular flexibility index (Phi) is 5.24. The summed E-state index contributed by atoms with van der Waals surface area (Å²) >= 11 is 0. The van der Waals surface area contributed by atoms with Crippen LogP contribution in [0.2, 0.25) is 0 Å². The van der Waals surface area contributed by atoms with Crippen LogP contribution < -0.4 is 10.2 Å². The van der Waals surface area contributed by atoms with Crippen molar-refractivity contribution >= 4 is 17.7 Å². The number of hydrogen-bond acceptors (Lipinski definition) is 3. The highest BCUT2D eigenvalue weighted by Gasteiger charge is 2.44. The van der Waals surface area contributed by atoms with Gasteiger partial charge in [-0.25, -0.2) is 4.79 Å². The Morgan fingerprint density at radius 3 is 2.44 bits per heavy atom. The van der Waals surface area contributed by atoms with Crippen molar-refractivity contribution in [1.29, 1.82) is 0 Å². The molecule has 1 aromatic carbocycles. The Balaban J connectivity index is 1.56. The minimum Gasteiger partial charge on any atom is -0.444 e. The summed E-state index contributed by atoms with van der Waals surface area (Å²) in [5.41, 5.74) is 1.25. The van der Waals surface area contributed by atoms with E-state index in [2.05, 4.69) is 17.4 Å². The second-order valence-electron chi connectivity index (χ2n) is 9.42. The van der Waals surface area contributed by atoms with Gasteiger partial charge in [0.1, 0.15) is 5.60 Å². The van der Waals surface area contributed by atoms with Gasteiger partial charge in [-0.15, -0.1) is 0 Å². The fraction of sp³-hybridized carbons (Fsp3) is 0.636. The Bertz CT molecular complexity index is 713. The zero-order valence-corrected chi connectivity index (χ0v) is 17.2. The first-order valence-corrected chi connectivity index (χ1v) is 9.99. The van der Waals surface area contributed by atoms with Crippen LogP contribution in [0.15, 0.2) is 24.3 Å². The van der Waals surface area contributed by atoms with E-state index in [1.54, 1.807) is 0 Å². The molecule has 1 aliphatic heterocycles. The quantitative estimate of drug-likeness (QED) is 0.856. The zero-order valence-electron chi connectivity index (χ0n) is 17.2. The van der Waals surface area contributed by atoms with E-state index in [9.17, 15) is 9.59 Å². The van der Waals surface area contributed by atoms with E-state index in [1.807, 2.05) is 51.7 Å². The third-order valence-corrected chi connectivity index (χ3v) is 5.66. The van der Waals surface area contributed by atoms with Crippen LogP contribution >= 0.6 is 0 Å². The minimum absolute atomic E-state index is 0.161. The molecule has 0 atom stereocenters. The predicted molar refractivity (Wildman–Crippen MR) is 107 cm³/mol. The van der Waals surface area contributed by atoms with Gasteiger partial charge in [0.2, 0.25) is 5.91 Å². The lowest BCUT2D eigenvalue weighted by Crippen LogP contribution is -2.43. The fourth-order valence-corrected chi connectivity index (χ4v) is 4.20. The number of alkyl carbamates (subject to hydrolysis) is 1. The van der Waals surface area contributed by atoms with E-state index in [0.29, 0.717) is 5.92 Å². The summed E-state index contributed by atoms with van der Waals surface area (Å²) < 4.78 is 5.35. The fourth-order valence-electron chi connectivity index (χ4n) is 4.20. The van der Waals surface area contributed by atoms with Gasteiger partial charge in [-0.05, 0) is 77.8 Å². The number of nitrogens with zero attached hydrogens (tertiary/aromatic N) is 1. The lowest BCUT2D eigenvalue weighted by atomic mass is 9.85. The number of rotatable bonds is 3. The predicted octanol–water partition coefficient (Wildman–Crippen LogP) is 4.39. The molecule has 2 aliphatic rings. The Morgan fingerprint density at radius 2 is 1.81 bits per heavy atom. The van der Waals surface area contributed by atoms with Crippen LogP contribution in [-0.4, -0.2) is 30.2 Å². The van der Waals surface area contributed by atoms with Crippen LogP contribution in [0, 0.1) is 5.92 Å². The molecule has 0 radical (unpaired) electrons. The second-order valence-corrected chi connectivity index (χ2v) is 9.42. The van der Waals surface area contributed by atoms with E-state index in [-0.39, 0.29) is 18.0 Å². The molecule has 1 N–H and O–H groups in total. The molecule has 0 unspecified atom stereocenters. The highest BCUT2D eigenvalue weighted by molar-refractivity contribution is 6.07. The van der Waals surface area contributed by atoms with Crippen molar-refractivity contribution in [2.24, 2.45) is 5.92 Å². The summed E-state index contributed by atoms with van der Waals surface area (Å²) in [5, 5.41) is 2.99. The number of hydrogen-bond donors (Lipinski definition) is 1.